The van der Waals surface area contributed by atoms with Gasteiger partial charge in [0.15, 0.2) is 0 Å². The van der Waals surface area contributed by atoms with Crippen LogP contribution in [0.5, 0.6) is 0 Å². The first-order valence-corrected chi connectivity index (χ1v) is 8.37. The highest BCUT2D eigenvalue weighted by molar-refractivity contribution is 7.54. The lowest BCUT2D eigenvalue weighted by molar-refractivity contribution is 0.192. The van der Waals surface area contributed by atoms with E-state index in [1.165, 1.54) is 12.8 Å². The molecule has 2 rings (SSSR count). The highest BCUT2D eigenvalue weighted by Crippen LogP contribution is 2.63. The molecule has 6 heteroatoms. The first kappa shape index (κ1) is 16.5. The predicted octanol–water partition coefficient (Wildman–Crippen LogP) is 3.21. The zero-order chi connectivity index (χ0) is 12.4. The van der Waals surface area contributed by atoms with Crippen LogP contribution in [0.1, 0.15) is 39.5 Å². The Morgan fingerprint density at radius 2 is 1.78 bits per heavy atom. The minimum Gasteiger partial charge on any atom is -0.315 e. The number of hydrogen-bond acceptors (Lipinski definition) is 4. The second-order valence-corrected chi connectivity index (χ2v) is 7.31. The first-order chi connectivity index (χ1) is 8.17. The molecule has 0 aromatic rings. The minimum atomic E-state index is -2.94. The SMILES string of the molecule is CCOP(=O)(OCC)C1CNCC12CCCC2.Cl. The topological polar surface area (TPSA) is 47.6 Å². The lowest BCUT2D eigenvalue weighted by atomic mass is 9.85. The molecule has 0 aromatic carbocycles. The summed E-state index contributed by atoms with van der Waals surface area (Å²) in [6, 6.07) is 0. The molecule has 0 bridgehead atoms. The van der Waals surface area contributed by atoms with E-state index in [9.17, 15) is 4.57 Å². The summed E-state index contributed by atoms with van der Waals surface area (Å²) in [4.78, 5) is 0. The molecular weight excluding hydrogens is 273 g/mol. The van der Waals surface area contributed by atoms with Gasteiger partial charge in [0.1, 0.15) is 0 Å². The smallest absolute Gasteiger partial charge is 0.315 e. The van der Waals surface area contributed by atoms with Gasteiger partial charge in [-0.2, -0.15) is 0 Å². The van der Waals surface area contributed by atoms with Crippen molar-refractivity contribution in [3.8, 4) is 0 Å². The van der Waals surface area contributed by atoms with E-state index < -0.39 is 7.60 Å². The second kappa shape index (κ2) is 6.71. The molecule has 1 saturated heterocycles. The lowest BCUT2D eigenvalue weighted by Crippen LogP contribution is -2.32. The van der Waals surface area contributed by atoms with Crippen LogP contribution in [0, 0.1) is 5.41 Å². The third-order valence-electron chi connectivity index (χ3n) is 4.12. The number of rotatable bonds is 5. The van der Waals surface area contributed by atoms with Gasteiger partial charge in [-0.1, -0.05) is 12.8 Å². The molecule has 1 unspecified atom stereocenters. The molecule has 2 aliphatic rings. The molecule has 4 nitrogen and oxygen atoms in total. The molecule has 1 N–H and O–H groups in total. The van der Waals surface area contributed by atoms with Crippen molar-refractivity contribution in [2.75, 3.05) is 26.3 Å². The Kier molecular flexibility index (Phi) is 6.14. The minimum absolute atomic E-state index is 0. The van der Waals surface area contributed by atoms with Crippen LogP contribution in [0.25, 0.3) is 0 Å². The van der Waals surface area contributed by atoms with E-state index in [0.29, 0.717) is 13.2 Å². The summed E-state index contributed by atoms with van der Waals surface area (Å²) in [6.45, 7) is 6.44. The molecule has 0 aromatic heterocycles. The van der Waals surface area contributed by atoms with Crippen molar-refractivity contribution in [2.24, 2.45) is 5.41 Å². The molecule has 1 heterocycles. The summed E-state index contributed by atoms with van der Waals surface area (Å²) >= 11 is 0. The quantitative estimate of drug-likeness (QED) is 0.792. The van der Waals surface area contributed by atoms with Crippen molar-refractivity contribution in [2.45, 2.75) is 45.2 Å². The summed E-state index contributed by atoms with van der Waals surface area (Å²) in [5.41, 5.74) is 0.220. The molecule has 1 aliphatic carbocycles. The molecule has 2 fully saturated rings. The van der Waals surface area contributed by atoms with E-state index in [1.807, 2.05) is 13.8 Å². The largest absolute Gasteiger partial charge is 0.335 e. The Morgan fingerprint density at radius 3 is 2.28 bits per heavy atom. The van der Waals surface area contributed by atoms with Crippen LogP contribution in [0.15, 0.2) is 0 Å². The molecule has 1 spiro atoms. The average molecular weight is 298 g/mol. The Morgan fingerprint density at radius 1 is 1.22 bits per heavy atom. The van der Waals surface area contributed by atoms with Crippen LogP contribution in [0.2, 0.25) is 0 Å². The maximum absolute atomic E-state index is 12.9. The number of halogens is 1. The summed E-state index contributed by atoms with van der Waals surface area (Å²) in [5, 5.41) is 3.40. The lowest BCUT2D eigenvalue weighted by Gasteiger charge is -2.34. The van der Waals surface area contributed by atoms with Crippen molar-refractivity contribution < 1.29 is 13.6 Å². The van der Waals surface area contributed by atoms with Crippen LogP contribution in [-0.4, -0.2) is 32.0 Å². The van der Waals surface area contributed by atoms with Gasteiger partial charge in [0.25, 0.3) is 0 Å². The van der Waals surface area contributed by atoms with E-state index in [-0.39, 0.29) is 23.5 Å². The Hall–Kier alpha value is 0.400. The zero-order valence-electron chi connectivity index (χ0n) is 11.3. The van der Waals surface area contributed by atoms with Gasteiger partial charge < -0.3 is 14.4 Å². The van der Waals surface area contributed by atoms with E-state index in [1.54, 1.807) is 0 Å². The average Bonchev–Trinajstić information content (AvgIpc) is 2.91. The molecule has 0 radical (unpaired) electrons. The van der Waals surface area contributed by atoms with Crippen LogP contribution < -0.4 is 5.32 Å². The molecule has 108 valence electrons. The van der Waals surface area contributed by atoms with E-state index in [2.05, 4.69) is 5.32 Å². The first-order valence-electron chi connectivity index (χ1n) is 6.76. The van der Waals surface area contributed by atoms with Crippen molar-refractivity contribution >= 4 is 20.0 Å². The molecular formula is C12H25ClNO3P. The molecule has 0 amide bonds. The fraction of sp³-hybridized carbons (Fsp3) is 1.00. The summed E-state index contributed by atoms with van der Waals surface area (Å²) in [7, 11) is -2.94. The Bertz CT molecular complexity index is 292. The van der Waals surface area contributed by atoms with E-state index in [0.717, 1.165) is 25.9 Å². The van der Waals surface area contributed by atoms with Gasteiger partial charge in [-0.15, -0.1) is 12.4 Å². The van der Waals surface area contributed by atoms with Crippen molar-refractivity contribution in [1.29, 1.82) is 0 Å². The second-order valence-electron chi connectivity index (χ2n) is 5.09. The molecule has 1 saturated carbocycles. The van der Waals surface area contributed by atoms with E-state index in [4.69, 9.17) is 9.05 Å². The van der Waals surface area contributed by atoms with Gasteiger partial charge in [0.2, 0.25) is 0 Å². The standard InChI is InChI=1S/C12H24NO3P.ClH/c1-3-15-17(14,16-4-2)11-9-13-10-12(11)7-5-6-8-12;/h11,13H,3-10H2,1-2H3;1H. The zero-order valence-corrected chi connectivity index (χ0v) is 13.0. The van der Waals surface area contributed by atoms with Crippen LogP contribution >= 0.6 is 20.0 Å². The summed E-state index contributed by atoms with van der Waals surface area (Å²) in [5.74, 6) is 0. The van der Waals surface area contributed by atoms with Crippen molar-refractivity contribution in [1.82, 2.24) is 5.32 Å². The third kappa shape index (κ3) is 2.94. The van der Waals surface area contributed by atoms with E-state index >= 15 is 0 Å². The van der Waals surface area contributed by atoms with Gasteiger partial charge in [-0.3, -0.25) is 4.57 Å². The third-order valence-corrected chi connectivity index (χ3v) is 6.85. The monoisotopic (exact) mass is 297 g/mol. The van der Waals surface area contributed by atoms with Crippen LogP contribution in [0.4, 0.5) is 0 Å². The normalized spacial score (nSPS) is 26.4. The highest BCUT2D eigenvalue weighted by atomic mass is 35.5. The predicted molar refractivity (Wildman–Crippen MR) is 75.7 cm³/mol. The van der Waals surface area contributed by atoms with Gasteiger partial charge in [0.05, 0.1) is 18.9 Å². The maximum atomic E-state index is 12.9. The molecule has 18 heavy (non-hydrogen) atoms. The van der Waals surface area contributed by atoms with Gasteiger partial charge >= 0.3 is 7.60 Å². The fourth-order valence-corrected chi connectivity index (χ4v) is 5.93. The summed E-state index contributed by atoms with van der Waals surface area (Å²) < 4.78 is 24.0. The molecule has 1 aliphatic heterocycles. The van der Waals surface area contributed by atoms with Crippen molar-refractivity contribution in [3.05, 3.63) is 0 Å². The molecule has 1 atom stereocenters. The number of nitrogens with one attached hydrogen (secondary N) is 1. The van der Waals surface area contributed by atoms with Gasteiger partial charge in [-0.25, -0.2) is 0 Å². The fourth-order valence-electron chi connectivity index (χ4n) is 3.41. The number of hydrogen-bond donors (Lipinski definition) is 1. The van der Waals surface area contributed by atoms with Crippen LogP contribution in [-0.2, 0) is 13.6 Å². The Balaban J connectivity index is 0.00000162. The maximum Gasteiger partial charge on any atom is 0.335 e. The van der Waals surface area contributed by atoms with Gasteiger partial charge in [0, 0.05) is 13.1 Å². The Labute approximate surface area is 116 Å². The van der Waals surface area contributed by atoms with Gasteiger partial charge in [-0.05, 0) is 32.1 Å². The van der Waals surface area contributed by atoms with Crippen molar-refractivity contribution in [3.63, 3.8) is 0 Å². The van der Waals surface area contributed by atoms with Crippen LogP contribution in [0.3, 0.4) is 0 Å². The highest BCUT2D eigenvalue weighted by Gasteiger charge is 2.54. The summed E-state index contributed by atoms with van der Waals surface area (Å²) in [6.07, 6.45) is 4.82.